The van der Waals surface area contributed by atoms with Crippen LogP contribution < -0.4 is 0 Å². The Morgan fingerprint density at radius 3 is 2.14 bits per heavy atom. The van der Waals surface area contributed by atoms with Crippen LogP contribution in [0, 0.1) is 4.91 Å². The first-order chi connectivity index (χ1) is 3.18. The smallest absolute Gasteiger partial charge is 0.429 e. The number of rotatable bonds is 2. The van der Waals surface area contributed by atoms with Gasteiger partial charge in [-0.3, -0.25) is 0 Å². The van der Waals surface area contributed by atoms with Gasteiger partial charge in [-0.1, -0.05) is 18.9 Å². The van der Waals surface area contributed by atoms with Gasteiger partial charge in [0.2, 0.25) is 0 Å². The van der Waals surface area contributed by atoms with Crippen molar-refractivity contribution < 1.29 is 5.02 Å². The minimum atomic E-state index is -1.03. The maximum Gasteiger partial charge on any atom is 0.486 e. The third kappa shape index (κ3) is 2.34. The van der Waals surface area contributed by atoms with Gasteiger partial charge in [-0.2, -0.15) is 4.91 Å². The average Bonchev–Trinajstić information content (AvgIpc) is 1.65. The standard InChI is InChI=1S/C3H8BNO2/c1-3(2)4(6)5-7/h3,6H,1-2H3. The van der Waals surface area contributed by atoms with Crippen LogP contribution in [0.25, 0.3) is 0 Å². The molecule has 3 nitrogen and oxygen atoms in total. The van der Waals surface area contributed by atoms with Gasteiger partial charge in [-0.25, -0.2) is 0 Å². The van der Waals surface area contributed by atoms with Gasteiger partial charge in [-0.15, -0.1) is 0 Å². The molecular weight excluding hydrogens is 92.8 g/mol. The fourth-order valence-electron chi connectivity index (χ4n) is 0.122. The third-order valence-corrected chi connectivity index (χ3v) is 0.704. The number of nitrogens with zero attached hydrogens (tertiary/aromatic N) is 1. The van der Waals surface area contributed by atoms with Gasteiger partial charge in [-0.05, 0) is 5.82 Å². The van der Waals surface area contributed by atoms with Crippen LogP contribution in [0.1, 0.15) is 13.8 Å². The molecule has 40 valence electrons. The molecule has 0 unspecified atom stereocenters. The molecule has 0 saturated heterocycles. The highest BCUT2D eigenvalue weighted by molar-refractivity contribution is 6.49. The fourth-order valence-corrected chi connectivity index (χ4v) is 0.122. The monoisotopic (exact) mass is 101 g/mol. The van der Waals surface area contributed by atoms with E-state index >= 15 is 0 Å². The van der Waals surface area contributed by atoms with Crippen molar-refractivity contribution in [1.82, 2.24) is 0 Å². The summed E-state index contributed by atoms with van der Waals surface area (Å²) in [6.45, 7) is 3.46. The van der Waals surface area contributed by atoms with Crippen LogP contribution in [0.2, 0.25) is 5.82 Å². The number of nitroso groups, excluding NO2 is 1. The van der Waals surface area contributed by atoms with Gasteiger partial charge in [0.05, 0.1) is 0 Å². The highest BCUT2D eigenvalue weighted by Crippen LogP contribution is 2.03. The summed E-state index contributed by atoms with van der Waals surface area (Å²) in [4.78, 5) is 9.45. The molecule has 0 aliphatic rings. The lowest BCUT2D eigenvalue weighted by Crippen LogP contribution is -2.11. The lowest BCUT2D eigenvalue weighted by molar-refractivity contribution is 0.555. The quantitative estimate of drug-likeness (QED) is 0.409. The average molecular weight is 101 g/mol. The maximum atomic E-state index is 9.45. The van der Waals surface area contributed by atoms with Crippen molar-refractivity contribution in [3.05, 3.63) is 4.91 Å². The molecular formula is C3H8BNO2. The molecule has 0 aliphatic heterocycles. The highest BCUT2D eigenvalue weighted by Gasteiger charge is 2.16. The molecule has 0 spiro atoms. The van der Waals surface area contributed by atoms with Crippen molar-refractivity contribution in [2.24, 2.45) is 5.09 Å². The Morgan fingerprint density at radius 2 is 2.14 bits per heavy atom. The summed E-state index contributed by atoms with van der Waals surface area (Å²) in [6.07, 6.45) is 0. The van der Waals surface area contributed by atoms with E-state index in [1.54, 1.807) is 13.8 Å². The molecule has 0 aromatic rings. The molecule has 0 radical (unpaired) electrons. The zero-order valence-electron chi connectivity index (χ0n) is 4.46. The molecule has 1 N–H and O–H groups in total. The summed E-state index contributed by atoms with van der Waals surface area (Å²) in [7, 11) is -1.03. The van der Waals surface area contributed by atoms with E-state index < -0.39 is 7.05 Å². The second-order valence-electron chi connectivity index (χ2n) is 1.76. The van der Waals surface area contributed by atoms with Crippen molar-refractivity contribution in [1.29, 1.82) is 0 Å². The van der Waals surface area contributed by atoms with Crippen molar-refractivity contribution in [2.45, 2.75) is 19.7 Å². The Bertz CT molecular complexity index is 66.0. The number of hydrogen-bond donors (Lipinski definition) is 1. The predicted molar refractivity (Wildman–Crippen MR) is 28.9 cm³/mol. The largest absolute Gasteiger partial charge is 0.486 e. The van der Waals surface area contributed by atoms with E-state index in [1.165, 1.54) is 0 Å². The zero-order valence-corrected chi connectivity index (χ0v) is 4.46. The van der Waals surface area contributed by atoms with E-state index in [0.717, 1.165) is 0 Å². The Balaban J connectivity index is 3.33. The van der Waals surface area contributed by atoms with Crippen LogP contribution >= 0.6 is 0 Å². The summed E-state index contributed by atoms with van der Waals surface area (Å²) in [5.74, 6) is -0.0579. The third-order valence-electron chi connectivity index (χ3n) is 0.704. The molecule has 0 rings (SSSR count). The minimum Gasteiger partial charge on any atom is -0.429 e. The topological polar surface area (TPSA) is 49.7 Å². The van der Waals surface area contributed by atoms with E-state index in [0.29, 0.717) is 0 Å². The summed E-state index contributed by atoms with van der Waals surface area (Å²) in [6, 6.07) is 0. The van der Waals surface area contributed by atoms with Crippen molar-refractivity contribution in [2.75, 3.05) is 0 Å². The lowest BCUT2D eigenvalue weighted by atomic mass is 9.72. The summed E-state index contributed by atoms with van der Waals surface area (Å²) in [5, 5.41) is 10.8. The molecule has 0 heterocycles. The SMILES string of the molecule is CC(C)B(O)N=O. The Morgan fingerprint density at radius 1 is 1.71 bits per heavy atom. The van der Waals surface area contributed by atoms with Gasteiger partial charge in [0, 0.05) is 0 Å². The molecule has 0 saturated carbocycles. The van der Waals surface area contributed by atoms with Gasteiger partial charge in [0.25, 0.3) is 0 Å². The van der Waals surface area contributed by atoms with Gasteiger partial charge >= 0.3 is 7.05 Å². The van der Waals surface area contributed by atoms with Crippen molar-refractivity contribution in [3.63, 3.8) is 0 Å². The van der Waals surface area contributed by atoms with Crippen LogP contribution in [-0.4, -0.2) is 12.1 Å². The zero-order chi connectivity index (χ0) is 5.86. The first-order valence-electron chi connectivity index (χ1n) is 2.19. The Hall–Kier alpha value is -0.375. The lowest BCUT2D eigenvalue weighted by Gasteiger charge is -1.95. The van der Waals surface area contributed by atoms with E-state index in [9.17, 15) is 4.91 Å². The summed E-state index contributed by atoms with van der Waals surface area (Å²) >= 11 is 0. The van der Waals surface area contributed by atoms with Crippen LogP contribution in [0.5, 0.6) is 0 Å². The molecule has 0 aromatic carbocycles. The van der Waals surface area contributed by atoms with Crippen molar-refractivity contribution >= 4 is 7.05 Å². The first-order valence-corrected chi connectivity index (χ1v) is 2.19. The number of hydrogen-bond acceptors (Lipinski definition) is 3. The summed E-state index contributed by atoms with van der Waals surface area (Å²) in [5.41, 5.74) is 0. The molecule has 0 aromatic heterocycles. The van der Waals surface area contributed by atoms with Gasteiger partial charge in [0.15, 0.2) is 0 Å². The molecule has 0 atom stereocenters. The minimum absolute atomic E-state index is 0.0579. The molecule has 4 heteroatoms. The van der Waals surface area contributed by atoms with E-state index in [-0.39, 0.29) is 5.82 Å². The van der Waals surface area contributed by atoms with Crippen LogP contribution in [0.4, 0.5) is 0 Å². The first kappa shape index (κ1) is 6.62. The molecule has 0 aliphatic carbocycles. The summed E-state index contributed by atoms with van der Waals surface area (Å²) < 4.78 is 0. The molecule has 0 fully saturated rings. The molecule has 7 heavy (non-hydrogen) atoms. The Kier molecular flexibility index (Phi) is 2.59. The molecule has 0 bridgehead atoms. The van der Waals surface area contributed by atoms with Gasteiger partial charge in [0.1, 0.15) is 0 Å². The normalized spacial score (nSPS) is 9.14. The van der Waals surface area contributed by atoms with Crippen LogP contribution in [0.3, 0.4) is 0 Å². The molecule has 0 amide bonds. The highest BCUT2D eigenvalue weighted by atomic mass is 16.3. The second-order valence-corrected chi connectivity index (χ2v) is 1.76. The van der Waals surface area contributed by atoms with E-state index in [4.69, 9.17) is 5.02 Å². The predicted octanol–water partition coefficient (Wildman–Crippen LogP) is 0.643. The van der Waals surface area contributed by atoms with E-state index in [1.807, 2.05) is 0 Å². The maximum absolute atomic E-state index is 9.45. The van der Waals surface area contributed by atoms with E-state index in [2.05, 4.69) is 5.09 Å². The second kappa shape index (κ2) is 2.74. The van der Waals surface area contributed by atoms with Crippen molar-refractivity contribution in [3.8, 4) is 0 Å². The Labute approximate surface area is 42.8 Å². The van der Waals surface area contributed by atoms with Crippen LogP contribution in [0.15, 0.2) is 5.09 Å². The van der Waals surface area contributed by atoms with Crippen LogP contribution in [-0.2, 0) is 0 Å². The van der Waals surface area contributed by atoms with Gasteiger partial charge < -0.3 is 5.02 Å². The fraction of sp³-hybridized carbons (Fsp3) is 1.00.